The van der Waals surface area contributed by atoms with E-state index in [1.807, 2.05) is 42.5 Å². The molecule has 4 rings (SSSR count). The number of hydrogen-bond donors (Lipinski definition) is 3. The number of methoxy groups -OCH3 is 1. The molecule has 0 fully saturated rings. The number of amides is 3. The Morgan fingerprint density at radius 2 is 1.54 bits per heavy atom. The smallest absolute Gasteiger partial charge is 0.341 e. The molecule has 3 N–H and O–H groups in total. The van der Waals surface area contributed by atoms with Crippen LogP contribution in [0.1, 0.15) is 31.2 Å². The van der Waals surface area contributed by atoms with Crippen LogP contribution in [-0.2, 0) is 14.3 Å². The largest absolute Gasteiger partial charge is 0.465 e. The molecule has 208 valence electrons. The van der Waals surface area contributed by atoms with Crippen molar-refractivity contribution in [1.82, 2.24) is 0 Å². The van der Waals surface area contributed by atoms with Gasteiger partial charge in [-0.25, -0.2) is 4.79 Å². The van der Waals surface area contributed by atoms with Gasteiger partial charge in [-0.05, 0) is 54.5 Å². The lowest BCUT2D eigenvalue weighted by Gasteiger charge is -2.07. The molecular formula is C31H27N3O5S2. The number of carbonyl (C=O) groups is 4. The summed E-state index contributed by atoms with van der Waals surface area (Å²) in [4.78, 5) is 51.7. The van der Waals surface area contributed by atoms with Crippen LogP contribution in [0.3, 0.4) is 0 Å². The van der Waals surface area contributed by atoms with E-state index in [2.05, 4.69) is 16.0 Å². The lowest BCUT2D eigenvalue weighted by Crippen LogP contribution is -2.16. The van der Waals surface area contributed by atoms with Gasteiger partial charge in [-0.3, -0.25) is 14.4 Å². The molecule has 0 unspecified atom stereocenters. The highest BCUT2D eigenvalue weighted by Crippen LogP contribution is 2.34. The van der Waals surface area contributed by atoms with Crippen molar-refractivity contribution in [2.75, 3.05) is 28.8 Å². The van der Waals surface area contributed by atoms with E-state index in [4.69, 9.17) is 4.74 Å². The molecule has 0 aliphatic carbocycles. The average Bonchev–Trinajstić information content (AvgIpc) is 3.31. The quantitative estimate of drug-likeness (QED) is 0.112. The van der Waals surface area contributed by atoms with Crippen molar-refractivity contribution >= 4 is 69.2 Å². The molecular weight excluding hydrogens is 558 g/mol. The van der Waals surface area contributed by atoms with E-state index in [-0.39, 0.29) is 28.1 Å². The third kappa shape index (κ3) is 8.17. The van der Waals surface area contributed by atoms with Crippen LogP contribution in [0.25, 0.3) is 6.08 Å². The summed E-state index contributed by atoms with van der Waals surface area (Å²) in [6, 6.07) is 25.6. The van der Waals surface area contributed by atoms with Crippen molar-refractivity contribution in [3.8, 4) is 0 Å². The van der Waals surface area contributed by atoms with Crippen LogP contribution in [0.5, 0.6) is 0 Å². The van der Waals surface area contributed by atoms with Gasteiger partial charge in [0.25, 0.3) is 5.91 Å². The summed E-state index contributed by atoms with van der Waals surface area (Å²) in [6.07, 6.45) is 3.18. The van der Waals surface area contributed by atoms with Crippen molar-refractivity contribution in [3.63, 3.8) is 0 Å². The Morgan fingerprint density at radius 1 is 0.854 bits per heavy atom. The molecule has 0 aliphatic rings. The second-order valence-electron chi connectivity index (χ2n) is 8.67. The minimum absolute atomic E-state index is 0.0361. The second-order valence-corrected chi connectivity index (χ2v) is 10.7. The number of anilines is 3. The zero-order valence-electron chi connectivity index (χ0n) is 22.3. The SMILES string of the molecule is COC(=O)c1c(NC(=O)CSc2cccc(NC(=O)/C=C/c3ccccc3)c2)sc(C(=O)Nc2ccccc2)c1C. The predicted octanol–water partition coefficient (Wildman–Crippen LogP) is 6.48. The Bertz CT molecular complexity index is 1580. The van der Waals surface area contributed by atoms with E-state index in [0.29, 0.717) is 21.8 Å². The van der Waals surface area contributed by atoms with Gasteiger partial charge in [0.05, 0.1) is 23.3 Å². The first kappa shape index (κ1) is 29.3. The van der Waals surface area contributed by atoms with Crippen LogP contribution < -0.4 is 16.0 Å². The Kier molecular flexibility index (Phi) is 10.1. The summed E-state index contributed by atoms with van der Waals surface area (Å²) in [5, 5.41) is 8.61. The molecule has 0 aliphatic heterocycles. The van der Waals surface area contributed by atoms with Crippen LogP contribution in [0.15, 0.2) is 95.9 Å². The maximum Gasteiger partial charge on any atom is 0.341 e. The normalized spacial score (nSPS) is 10.7. The fourth-order valence-corrected chi connectivity index (χ4v) is 5.63. The van der Waals surface area contributed by atoms with Crippen molar-refractivity contribution in [3.05, 3.63) is 113 Å². The van der Waals surface area contributed by atoms with E-state index < -0.39 is 11.9 Å². The third-order valence-electron chi connectivity index (χ3n) is 5.73. The fraction of sp³-hybridized carbons (Fsp3) is 0.0968. The number of nitrogens with one attached hydrogen (secondary N) is 3. The van der Waals surface area contributed by atoms with Gasteiger partial charge < -0.3 is 20.7 Å². The highest BCUT2D eigenvalue weighted by molar-refractivity contribution is 8.00. The second kappa shape index (κ2) is 14.1. The molecule has 4 aromatic rings. The maximum atomic E-state index is 12.9. The molecule has 0 saturated carbocycles. The highest BCUT2D eigenvalue weighted by Gasteiger charge is 2.26. The summed E-state index contributed by atoms with van der Waals surface area (Å²) in [5.74, 6) is -1.64. The van der Waals surface area contributed by atoms with E-state index >= 15 is 0 Å². The molecule has 0 bridgehead atoms. The molecule has 3 aromatic carbocycles. The molecule has 0 atom stereocenters. The molecule has 41 heavy (non-hydrogen) atoms. The summed E-state index contributed by atoms with van der Waals surface area (Å²) < 4.78 is 4.91. The van der Waals surface area contributed by atoms with E-state index in [9.17, 15) is 19.2 Å². The molecule has 0 spiro atoms. The summed E-state index contributed by atoms with van der Waals surface area (Å²) in [6.45, 7) is 1.64. The third-order valence-corrected chi connectivity index (χ3v) is 7.93. The summed E-state index contributed by atoms with van der Waals surface area (Å²) in [5.41, 5.74) is 2.68. The minimum Gasteiger partial charge on any atom is -0.465 e. The van der Waals surface area contributed by atoms with Crippen molar-refractivity contribution in [2.24, 2.45) is 0 Å². The lowest BCUT2D eigenvalue weighted by atomic mass is 10.1. The molecule has 3 amide bonds. The number of thioether (sulfide) groups is 1. The first-order valence-electron chi connectivity index (χ1n) is 12.5. The van der Waals surface area contributed by atoms with E-state index in [1.165, 1.54) is 24.9 Å². The molecule has 1 aromatic heterocycles. The van der Waals surface area contributed by atoms with Gasteiger partial charge in [0.1, 0.15) is 5.00 Å². The average molecular weight is 586 g/mol. The number of benzene rings is 3. The standard InChI is InChI=1S/C31H27N3O5S2/c1-20-27(31(38)39-2)30(41-28(20)29(37)33-22-12-7-4-8-13-22)34-26(36)19-40-24-15-9-14-23(18-24)32-25(35)17-16-21-10-5-3-6-11-21/h3-18H,19H2,1-2H3,(H,32,35)(H,33,37)(H,34,36)/b17-16+. The van der Waals surface area contributed by atoms with Gasteiger partial charge in [0.2, 0.25) is 11.8 Å². The van der Waals surface area contributed by atoms with E-state index in [0.717, 1.165) is 21.8 Å². The molecule has 8 nitrogen and oxygen atoms in total. The summed E-state index contributed by atoms with van der Waals surface area (Å²) in [7, 11) is 1.24. The topological polar surface area (TPSA) is 114 Å². The summed E-state index contributed by atoms with van der Waals surface area (Å²) >= 11 is 2.28. The van der Waals surface area contributed by atoms with Gasteiger partial charge in [-0.15, -0.1) is 23.1 Å². The Hall–Kier alpha value is -4.67. The van der Waals surface area contributed by atoms with Crippen molar-refractivity contribution in [1.29, 1.82) is 0 Å². The number of rotatable bonds is 10. The van der Waals surface area contributed by atoms with Gasteiger partial charge in [0, 0.05) is 22.3 Å². The number of hydrogen-bond acceptors (Lipinski definition) is 7. The number of carbonyl (C=O) groups excluding carboxylic acids is 4. The minimum atomic E-state index is -0.648. The van der Waals surface area contributed by atoms with E-state index in [1.54, 1.807) is 55.5 Å². The van der Waals surface area contributed by atoms with Crippen molar-refractivity contribution in [2.45, 2.75) is 11.8 Å². The molecule has 0 saturated heterocycles. The predicted molar refractivity (Wildman–Crippen MR) is 165 cm³/mol. The monoisotopic (exact) mass is 585 g/mol. The number of ether oxygens (including phenoxy) is 1. The first-order chi connectivity index (χ1) is 19.8. The van der Waals surface area contributed by atoms with Gasteiger partial charge in [-0.2, -0.15) is 0 Å². The van der Waals surface area contributed by atoms with Gasteiger partial charge >= 0.3 is 5.97 Å². The number of thiophene rings is 1. The van der Waals surface area contributed by atoms with Gasteiger partial charge in [-0.1, -0.05) is 54.6 Å². The van der Waals surface area contributed by atoms with Crippen LogP contribution in [0, 0.1) is 6.92 Å². The molecule has 10 heteroatoms. The van der Waals surface area contributed by atoms with Crippen LogP contribution in [0.4, 0.5) is 16.4 Å². The molecule has 0 radical (unpaired) electrons. The van der Waals surface area contributed by atoms with Crippen molar-refractivity contribution < 1.29 is 23.9 Å². The zero-order chi connectivity index (χ0) is 29.2. The Balaban J connectivity index is 1.39. The lowest BCUT2D eigenvalue weighted by molar-refractivity contribution is -0.114. The molecule has 1 heterocycles. The number of esters is 1. The maximum absolute atomic E-state index is 12.9. The Labute approximate surface area is 245 Å². The van der Waals surface area contributed by atoms with Crippen LogP contribution in [0.2, 0.25) is 0 Å². The Morgan fingerprint density at radius 3 is 2.24 bits per heavy atom. The zero-order valence-corrected chi connectivity index (χ0v) is 23.9. The highest BCUT2D eigenvalue weighted by atomic mass is 32.2. The number of para-hydroxylation sites is 1. The first-order valence-corrected chi connectivity index (χ1v) is 14.3. The van der Waals surface area contributed by atoms with Crippen LogP contribution >= 0.6 is 23.1 Å². The van der Waals surface area contributed by atoms with Crippen LogP contribution in [-0.4, -0.2) is 36.6 Å². The van der Waals surface area contributed by atoms with Gasteiger partial charge in [0.15, 0.2) is 0 Å². The fourth-order valence-electron chi connectivity index (χ4n) is 3.77.